The van der Waals surface area contributed by atoms with E-state index in [1.165, 1.54) is 0 Å². The van der Waals surface area contributed by atoms with Crippen molar-refractivity contribution in [3.63, 3.8) is 0 Å². The fourth-order valence-electron chi connectivity index (χ4n) is 1.56. The number of nitrogens with one attached hydrogen (secondary N) is 1. The molecular formula is C15H23NO4S. The first-order valence-electron chi connectivity index (χ1n) is 6.91. The molecule has 0 aliphatic rings. The second-order valence-corrected chi connectivity index (χ2v) is 7.87. The van der Waals surface area contributed by atoms with Gasteiger partial charge in [-0.2, -0.15) is 0 Å². The van der Waals surface area contributed by atoms with Crippen LogP contribution in [0.3, 0.4) is 0 Å². The monoisotopic (exact) mass is 313 g/mol. The van der Waals surface area contributed by atoms with E-state index in [2.05, 4.69) is 4.72 Å². The van der Waals surface area contributed by atoms with Gasteiger partial charge in [0.2, 0.25) is 10.0 Å². The molecule has 0 heterocycles. The molecule has 1 aromatic rings. The Morgan fingerprint density at radius 2 is 1.76 bits per heavy atom. The molecule has 0 amide bonds. The van der Waals surface area contributed by atoms with Gasteiger partial charge in [-0.1, -0.05) is 20.8 Å². The fourth-order valence-corrected chi connectivity index (χ4v) is 3.04. The molecule has 0 bridgehead atoms. The van der Waals surface area contributed by atoms with Crippen molar-refractivity contribution in [3.05, 3.63) is 29.8 Å². The molecule has 0 aromatic heterocycles. The average molecular weight is 313 g/mol. The van der Waals surface area contributed by atoms with Crippen LogP contribution in [0.4, 0.5) is 5.69 Å². The highest BCUT2D eigenvalue weighted by Crippen LogP contribution is 2.20. The highest BCUT2D eigenvalue weighted by Gasteiger charge is 2.17. The Balaban J connectivity index is 2.69. The van der Waals surface area contributed by atoms with Crippen LogP contribution in [0.2, 0.25) is 0 Å². The Labute approximate surface area is 126 Å². The minimum absolute atomic E-state index is 0.0392. The van der Waals surface area contributed by atoms with E-state index in [0.29, 0.717) is 24.3 Å². The van der Waals surface area contributed by atoms with Crippen LogP contribution in [0.15, 0.2) is 24.3 Å². The summed E-state index contributed by atoms with van der Waals surface area (Å²) in [4.78, 5) is 11.5. The zero-order valence-corrected chi connectivity index (χ0v) is 13.8. The zero-order chi connectivity index (χ0) is 16.1. The molecule has 1 aromatic carbocycles. The van der Waals surface area contributed by atoms with Crippen molar-refractivity contribution in [1.82, 2.24) is 0 Å². The van der Waals surface area contributed by atoms with Gasteiger partial charge in [0.1, 0.15) is 0 Å². The predicted octanol–water partition coefficient (Wildman–Crippen LogP) is 3.04. The SMILES string of the molecule is CCOC(=O)c1ccc(NS(=O)(=O)CCC(C)(C)C)cc1. The molecule has 0 spiro atoms. The molecule has 21 heavy (non-hydrogen) atoms. The largest absolute Gasteiger partial charge is 0.462 e. The number of hydrogen-bond donors (Lipinski definition) is 1. The fraction of sp³-hybridized carbons (Fsp3) is 0.533. The highest BCUT2D eigenvalue weighted by molar-refractivity contribution is 7.92. The van der Waals surface area contributed by atoms with Gasteiger partial charge in [-0.25, -0.2) is 13.2 Å². The van der Waals surface area contributed by atoms with Crippen molar-refractivity contribution in [2.75, 3.05) is 17.1 Å². The lowest BCUT2D eigenvalue weighted by Crippen LogP contribution is -2.20. The van der Waals surface area contributed by atoms with E-state index in [-0.39, 0.29) is 11.2 Å². The number of rotatable bonds is 6. The van der Waals surface area contributed by atoms with Crippen LogP contribution in [0.25, 0.3) is 0 Å². The van der Waals surface area contributed by atoms with Crippen LogP contribution < -0.4 is 4.72 Å². The van der Waals surface area contributed by atoms with Crippen molar-refractivity contribution < 1.29 is 17.9 Å². The van der Waals surface area contributed by atoms with Crippen molar-refractivity contribution in [1.29, 1.82) is 0 Å². The van der Waals surface area contributed by atoms with Gasteiger partial charge in [0.25, 0.3) is 0 Å². The number of carbonyl (C=O) groups is 1. The average Bonchev–Trinajstić information content (AvgIpc) is 2.36. The first-order chi connectivity index (χ1) is 9.63. The van der Waals surface area contributed by atoms with E-state index in [4.69, 9.17) is 4.74 Å². The molecule has 0 fully saturated rings. The molecule has 1 rings (SSSR count). The van der Waals surface area contributed by atoms with E-state index in [9.17, 15) is 13.2 Å². The molecule has 1 N–H and O–H groups in total. The summed E-state index contributed by atoms with van der Waals surface area (Å²) in [7, 11) is -3.38. The lowest BCUT2D eigenvalue weighted by atomic mass is 9.94. The molecule has 0 aliphatic carbocycles. The van der Waals surface area contributed by atoms with Crippen LogP contribution in [-0.4, -0.2) is 26.7 Å². The lowest BCUT2D eigenvalue weighted by molar-refractivity contribution is 0.0526. The minimum Gasteiger partial charge on any atom is -0.462 e. The van der Waals surface area contributed by atoms with E-state index >= 15 is 0 Å². The van der Waals surface area contributed by atoms with Gasteiger partial charge in [0.05, 0.1) is 17.9 Å². The lowest BCUT2D eigenvalue weighted by Gasteiger charge is -2.18. The van der Waals surface area contributed by atoms with E-state index in [1.807, 2.05) is 20.8 Å². The van der Waals surface area contributed by atoms with Crippen molar-refractivity contribution in [2.24, 2.45) is 5.41 Å². The normalized spacial score (nSPS) is 12.0. The van der Waals surface area contributed by atoms with E-state index in [0.717, 1.165) is 0 Å². The molecule has 118 valence electrons. The molecule has 0 unspecified atom stereocenters. The predicted molar refractivity (Wildman–Crippen MR) is 83.9 cm³/mol. The molecule has 5 nitrogen and oxygen atoms in total. The summed E-state index contributed by atoms with van der Waals surface area (Å²) in [5, 5.41) is 0. The first kappa shape index (κ1) is 17.5. The van der Waals surface area contributed by atoms with Crippen LogP contribution in [0, 0.1) is 5.41 Å². The third-order valence-electron chi connectivity index (χ3n) is 2.79. The summed E-state index contributed by atoms with van der Waals surface area (Å²) in [5.41, 5.74) is 0.800. The minimum atomic E-state index is -3.38. The summed E-state index contributed by atoms with van der Waals surface area (Å²) < 4.78 is 31.3. The maximum absolute atomic E-state index is 12.0. The Morgan fingerprint density at radius 1 is 1.19 bits per heavy atom. The highest BCUT2D eigenvalue weighted by atomic mass is 32.2. The van der Waals surface area contributed by atoms with E-state index in [1.54, 1.807) is 31.2 Å². The van der Waals surface area contributed by atoms with Crippen LogP contribution in [0.1, 0.15) is 44.5 Å². The molecule has 0 radical (unpaired) electrons. The number of benzene rings is 1. The van der Waals surface area contributed by atoms with E-state index < -0.39 is 16.0 Å². The second-order valence-electron chi connectivity index (χ2n) is 6.03. The summed E-state index contributed by atoms with van der Waals surface area (Å²) in [6.45, 7) is 8.03. The number of hydrogen-bond acceptors (Lipinski definition) is 4. The molecular weight excluding hydrogens is 290 g/mol. The topological polar surface area (TPSA) is 72.5 Å². The smallest absolute Gasteiger partial charge is 0.338 e. The number of carbonyl (C=O) groups excluding carboxylic acids is 1. The van der Waals surface area contributed by atoms with Crippen molar-refractivity contribution in [3.8, 4) is 0 Å². The maximum Gasteiger partial charge on any atom is 0.338 e. The van der Waals surface area contributed by atoms with Gasteiger partial charge < -0.3 is 4.74 Å². The van der Waals surface area contributed by atoms with Crippen LogP contribution in [-0.2, 0) is 14.8 Å². The number of anilines is 1. The van der Waals surface area contributed by atoms with Gasteiger partial charge in [0, 0.05) is 5.69 Å². The number of sulfonamides is 1. The van der Waals surface area contributed by atoms with Gasteiger partial charge in [0.15, 0.2) is 0 Å². The zero-order valence-electron chi connectivity index (χ0n) is 13.0. The molecule has 0 saturated carbocycles. The third kappa shape index (κ3) is 6.62. The number of esters is 1. The van der Waals surface area contributed by atoms with Gasteiger partial charge in [-0.3, -0.25) is 4.72 Å². The maximum atomic E-state index is 12.0. The second kappa shape index (κ2) is 6.93. The quantitative estimate of drug-likeness (QED) is 0.819. The molecule has 0 aliphatic heterocycles. The summed E-state index contributed by atoms with van der Waals surface area (Å²) in [5.74, 6) is -0.351. The summed E-state index contributed by atoms with van der Waals surface area (Å²) in [6, 6.07) is 6.20. The first-order valence-corrected chi connectivity index (χ1v) is 8.56. The molecule has 0 saturated heterocycles. The van der Waals surface area contributed by atoms with Gasteiger partial charge >= 0.3 is 5.97 Å². The standard InChI is InChI=1S/C15H23NO4S/c1-5-20-14(17)12-6-8-13(9-7-12)16-21(18,19)11-10-15(2,3)4/h6-9,16H,5,10-11H2,1-4H3. The Bertz CT molecular complexity index is 571. The molecule has 6 heteroatoms. The summed E-state index contributed by atoms with van der Waals surface area (Å²) >= 11 is 0. The van der Waals surface area contributed by atoms with Gasteiger partial charge in [-0.05, 0) is 43.0 Å². The van der Waals surface area contributed by atoms with Crippen molar-refractivity contribution in [2.45, 2.75) is 34.1 Å². The molecule has 0 atom stereocenters. The Kier molecular flexibility index (Phi) is 5.78. The van der Waals surface area contributed by atoms with Gasteiger partial charge in [-0.15, -0.1) is 0 Å². The van der Waals surface area contributed by atoms with Crippen LogP contribution in [0.5, 0.6) is 0 Å². The summed E-state index contributed by atoms with van der Waals surface area (Å²) in [6.07, 6.45) is 0.573. The van der Waals surface area contributed by atoms with Crippen molar-refractivity contribution >= 4 is 21.7 Å². The Morgan fingerprint density at radius 3 is 2.24 bits per heavy atom. The third-order valence-corrected chi connectivity index (χ3v) is 4.08. The Hall–Kier alpha value is -1.56. The number of ether oxygens (including phenoxy) is 1. The van der Waals surface area contributed by atoms with Crippen LogP contribution >= 0.6 is 0 Å².